The Morgan fingerprint density at radius 1 is 1.04 bits per heavy atom. The lowest BCUT2D eigenvalue weighted by Crippen LogP contribution is -2.46. The average molecular weight is 378 g/mol. The number of hydrogen-bond acceptors (Lipinski definition) is 5. The highest BCUT2D eigenvalue weighted by atomic mass is 16.5. The summed E-state index contributed by atoms with van der Waals surface area (Å²) in [6.45, 7) is 8.61. The first kappa shape index (κ1) is 18.6. The molecule has 1 saturated heterocycles. The zero-order chi connectivity index (χ0) is 19.7. The molecule has 1 fully saturated rings. The van der Waals surface area contributed by atoms with Crippen LogP contribution in [-0.2, 0) is 6.54 Å². The summed E-state index contributed by atoms with van der Waals surface area (Å²) >= 11 is 0. The molecule has 0 unspecified atom stereocenters. The Balaban J connectivity index is 1.51. The summed E-state index contributed by atoms with van der Waals surface area (Å²) < 4.78 is 10.8. The van der Waals surface area contributed by atoms with Crippen molar-refractivity contribution in [3.8, 4) is 5.75 Å². The molecule has 146 valence electrons. The van der Waals surface area contributed by atoms with E-state index in [9.17, 15) is 4.79 Å². The highest BCUT2D eigenvalue weighted by Crippen LogP contribution is 2.26. The molecule has 0 spiro atoms. The van der Waals surface area contributed by atoms with Crippen molar-refractivity contribution in [1.29, 1.82) is 0 Å². The van der Waals surface area contributed by atoms with Crippen LogP contribution in [0.1, 0.15) is 16.7 Å². The average Bonchev–Trinajstić information content (AvgIpc) is 2.71. The minimum Gasteiger partial charge on any atom is -0.497 e. The Labute approximate surface area is 165 Å². The van der Waals surface area contributed by atoms with E-state index in [0.717, 1.165) is 66.1 Å². The molecule has 28 heavy (non-hydrogen) atoms. The van der Waals surface area contributed by atoms with Gasteiger partial charge in [0.2, 0.25) is 0 Å². The Bertz CT molecular complexity index is 1050. The Hall–Kier alpha value is -2.79. The van der Waals surface area contributed by atoms with Crippen molar-refractivity contribution >= 4 is 16.7 Å². The second kappa shape index (κ2) is 7.68. The molecule has 0 amide bonds. The molecule has 0 N–H and O–H groups in total. The van der Waals surface area contributed by atoms with E-state index in [4.69, 9.17) is 9.15 Å². The van der Waals surface area contributed by atoms with Gasteiger partial charge in [0.15, 0.2) is 0 Å². The van der Waals surface area contributed by atoms with Gasteiger partial charge in [-0.1, -0.05) is 18.2 Å². The van der Waals surface area contributed by atoms with Crippen LogP contribution in [0.25, 0.3) is 11.0 Å². The van der Waals surface area contributed by atoms with E-state index in [1.165, 1.54) is 5.69 Å². The number of nitrogens with zero attached hydrogens (tertiary/aromatic N) is 2. The molecule has 2 aromatic carbocycles. The number of fused-ring (bicyclic) bond motifs is 1. The van der Waals surface area contributed by atoms with Crippen LogP contribution in [0.4, 0.5) is 5.69 Å². The summed E-state index contributed by atoms with van der Waals surface area (Å²) in [6, 6.07) is 14.0. The van der Waals surface area contributed by atoms with Gasteiger partial charge < -0.3 is 14.1 Å². The van der Waals surface area contributed by atoms with Gasteiger partial charge in [0.25, 0.3) is 0 Å². The van der Waals surface area contributed by atoms with Gasteiger partial charge in [0, 0.05) is 55.9 Å². The summed E-state index contributed by atoms with van der Waals surface area (Å²) in [5.74, 6) is 0.882. The first-order chi connectivity index (χ1) is 13.5. The number of piperazine rings is 1. The summed E-state index contributed by atoms with van der Waals surface area (Å²) in [5.41, 5.74) is 4.86. The van der Waals surface area contributed by atoms with Crippen molar-refractivity contribution in [2.45, 2.75) is 20.4 Å². The van der Waals surface area contributed by atoms with Crippen LogP contribution in [-0.4, -0.2) is 38.2 Å². The van der Waals surface area contributed by atoms with Gasteiger partial charge in [-0.2, -0.15) is 0 Å². The van der Waals surface area contributed by atoms with Crippen LogP contribution in [0.15, 0.2) is 51.7 Å². The predicted octanol–water partition coefficient (Wildman–Crippen LogP) is 3.74. The SMILES string of the molecule is COc1cccc(N2CCN(Cc3cc(=O)oc4c(C)c(C)ccc34)CC2)c1. The molecule has 0 bridgehead atoms. The summed E-state index contributed by atoms with van der Waals surface area (Å²) in [7, 11) is 1.70. The van der Waals surface area contributed by atoms with E-state index in [0.29, 0.717) is 0 Å². The maximum atomic E-state index is 12.1. The molecular weight excluding hydrogens is 352 g/mol. The van der Waals surface area contributed by atoms with E-state index < -0.39 is 0 Å². The second-order valence-electron chi connectivity index (χ2n) is 7.44. The molecule has 1 aliphatic heterocycles. The predicted molar refractivity (Wildman–Crippen MR) is 112 cm³/mol. The lowest BCUT2D eigenvalue weighted by atomic mass is 10.0. The summed E-state index contributed by atoms with van der Waals surface area (Å²) in [4.78, 5) is 16.9. The summed E-state index contributed by atoms with van der Waals surface area (Å²) in [5, 5.41) is 1.04. The van der Waals surface area contributed by atoms with Crippen molar-refractivity contribution in [1.82, 2.24) is 4.90 Å². The Morgan fingerprint density at radius 2 is 1.82 bits per heavy atom. The van der Waals surface area contributed by atoms with Gasteiger partial charge >= 0.3 is 5.63 Å². The maximum absolute atomic E-state index is 12.1. The van der Waals surface area contributed by atoms with Crippen LogP contribution >= 0.6 is 0 Å². The number of ether oxygens (including phenoxy) is 1. The minimum absolute atomic E-state index is 0.272. The van der Waals surface area contributed by atoms with E-state index in [1.807, 2.05) is 26.0 Å². The largest absolute Gasteiger partial charge is 0.497 e. The molecule has 4 rings (SSSR count). The zero-order valence-electron chi connectivity index (χ0n) is 16.7. The lowest BCUT2D eigenvalue weighted by molar-refractivity contribution is 0.250. The minimum atomic E-state index is -0.272. The highest BCUT2D eigenvalue weighted by molar-refractivity contribution is 5.83. The van der Waals surface area contributed by atoms with Gasteiger partial charge in [0.05, 0.1) is 7.11 Å². The third-order valence-electron chi connectivity index (χ3n) is 5.70. The van der Waals surface area contributed by atoms with Crippen molar-refractivity contribution in [2.75, 3.05) is 38.2 Å². The highest BCUT2D eigenvalue weighted by Gasteiger charge is 2.19. The standard InChI is InChI=1S/C23H26N2O3/c1-16-7-8-21-18(13-22(26)28-23(21)17(16)2)15-24-9-11-25(12-10-24)19-5-4-6-20(14-19)27-3/h4-8,13-14H,9-12,15H2,1-3H3. The van der Waals surface area contributed by atoms with Gasteiger partial charge in [-0.25, -0.2) is 4.79 Å². The first-order valence-electron chi connectivity index (χ1n) is 9.69. The quantitative estimate of drug-likeness (QED) is 0.647. The molecule has 5 nitrogen and oxygen atoms in total. The normalized spacial score (nSPS) is 15.2. The van der Waals surface area contributed by atoms with E-state index in [-0.39, 0.29) is 5.63 Å². The fraction of sp³-hybridized carbons (Fsp3) is 0.348. The maximum Gasteiger partial charge on any atom is 0.336 e. The summed E-state index contributed by atoms with van der Waals surface area (Å²) in [6.07, 6.45) is 0. The smallest absolute Gasteiger partial charge is 0.336 e. The molecule has 0 aliphatic carbocycles. The zero-order valence-corrected chi connectivity index (χ0v) is 16.7. The number of anilines is 1. The molecule has 5 heteroatoms. The van der Waals surface area contributed by atoms with Gasteiger partial charge in [0.1, 0.15) is 11.3 Å². The van der Waals surface area contributed by atoms with Gasteiger partial charge in [-0.15, -0.1) is 0 Å². The monoisotopic (exact) mass is 378 g/mol. The molecule has 0 saturated carbocycles. The first-order valence-corrected chi connectivity index (χ1v) is 9.69. The molecule has 2 heterocycles. The fourth-order valence-corrected chi connectivity index (χ4v) is 3.87. The van der Waals surface area contributed by atoms with Crippen LogP contribution in [0.3, 0.4) is 0 Å². The van der Waals surface area contributed by atoms with Crippen molar-refractivity contribution in [3.63, 3.8) is 0 Å². The molecule has 1 aliphatic rings. The fourth-order valence-electron chi connectivity index (χ4n) is 3.87. The van der Waals surface area contributed by atoms with E-state index >= 15 is 0 Å². The van der Waals surface area contributed by atoms with Crippen LogP contribution in [0, 0.1) is 13.8 Å². The van der Waals surface area contributed by atoms with E-state index in [2.05, 4.69) is 34.1 Å². The molecule has 1 aromatic heterocycles. The number of hydrogen-bond donors (Lipinski definition) is 0. The number of benzene rings is 2. The number of rotatable bonds is 4. The Morgan fingerprint density at radius 3 is 2.57 bits per heavy atom. The van der Waals surface area contributed by atoms with Crippen molar-refractivity contribution < 1.29 is 9.15 Å². The molecule has 3 aromatic rings. The third-order valence-corrected chi connectivity index (χ3v) is 5.70. The molecule has 0 atom stereocenters. The van der Waals surface area contributed by atoms with Crippen molar-refractivity contribution in [3.05, 3.63) is 69.6 Å². The third kappa shape index (κ3) is 3.62. The Kier molecular flexibility index (Phi) is 5.09. The van der Waals surface area contributed by atoms with Gasteiger partial charge in [-0.05, 0) is 42.7 Å². The topological polar surface area (TPSA) is 45.9 Å². The van der Waals surface area contributed by atoms with Crippen molar-refractivity contribution in [2.24, 2.45) is 0 Å². The second-order valence-corrected chi connectivity index (χ2v) is 7.44. The lowest BCUT2D eigenvalue weighted by Gasteiger charge is -2.36. The van der Waals surface area contributed by atoms with Crippen LogP contribution < -0.4 is 15.3 Å². The number of aryl methyl sites for hydroxylation is 2. The molecular formula is C23H26N2O3. The number of methoxy groups -OCH3 is 1. The van der Waals surface area contributed by atoms with E-state index in [1.54, 1.807) is 13.2 Å². The molecule has 0 radical (unpaired) electrons. The van der Waals surface area contributed by atoms with Crippen LogP contribution in [0.2, 0.25) is 0 Å². The van der Waals surface area contributed by atoms with Crippen LogP contribution in [0.5, 0.6) is 5.75 Å². The van der Waals surface area contributed by atoms with Gasteiger partial charge in [-0.3, -0.25) is 4.90 Å².